The maximum Gasteiger partial charge on any atom is 0.300 e. The van der Waals surface area contributed by atoms with Gasteiger partial charge in [0.15, 0.2) is 28.2 Å². The first-order chi connectivity index (χ1) is 8.21. The van der Waals surface area contributed by atoms with Gasteiger partial charge in [-0.3, -0.25) is 4.55 Å². The summed E-state index contributed by atoms with van der Waals surface area (Å²) in [7, 11) is -5.38. The number of hydrogen-bond donors (Lipinski definition) is 1. The third-order valence-electron chi connectivity index (χ3n) is 2.35. The molecule has 102 valence electrons. The number of rotatable bonds is 4. The summed E-state index contributed by atoms with van der Waals surface area (Å²) in [4.78, 5) is -2.00. The van der Waals surface area contributed by atoms with Crippen LogP contribution in [0.2, 0.25) is 0 Å². The second kappa shape index (κ2) is 5.23. The van der Waals surface area contributed by atoms with E-state index in [1.54, 1.807) is 6.92 Å². The van der Waals surface area contributed by atoms with Gasteiger partial charge in [0, 0.05) is 5.56 Å². The quantitative estimate of drug-likeness (QED) is 0.526. The SMILES string of the molecule is CCCCc1c(F)c(F)c(S(=O)(=O)O)c(F)c1F. The minimum Gasteiger partial charge on any atom is -0.282 e. The van der Waals surface area contributed by atoms with E-state index in [4.69, 9.17) is 4.55 Å². The van der Waals surface area contributed by atoms with Crippen LogP contribution in [0.3, 0.4) is 0 Å². The molecule has 1 rings (SSSR count). The van der Waals surface area contributed by atoms with Gasteiger partial charge in [-0.05, 0) is 12.8 Å². The maximum atomic E-state index is 13.4. The van der Waals surface area contributed by atoms with Gasteiger partial charge in [0.05, 0.1) is 0 Å². The Morgan fingerprint density at radius 2 is 1.44 bits per heavy atom. The molecule has 0 aliphatic heterocycles. The third kappa shape index (κ3) is 2.64. The highest BCUT2D eigenvalue weighted by atomic mass is 32.2. The van der Waals surface area contributed by atoms with E-state index in [1.807, 2.05) is 0 Å². The maximum absolute atomic E-state index is 13.4. The van der Waals surface area contributed by atoms with Crippen molar-refractivity contribution in [2.45, 2.75) is 31.1 Å². The van der Waals surface area contributed by atoms with Gasteiger partial charge in [-0.25, -0.2) is 17.6 Å². The predicted molar refractivity (Wildman–Crippen MR) is 54.7 cm³/mol. The zero-order valence-corrected chi connectivity index (χ0v) is 10.1. The summed E-state index contributed by atoms with van der Waals surface area (Å²) in [6, 6.07) is 0. The smallest absolute Gasteiger partial charge is 0.282 e. The van der Waals surface area contributed by atoms with Crippen LogP contribution in [-0.4, -0.2) is 13.0 Å². The molecule has 0 saturated carbocycles. The molecule has 18 heavy (non-hydrogen) atoms. The molecule has 1 N–H and O–H groups in total. The fourth-order valence-electron chi connectivity index (χ4n) is 1.46. The molecule has 0 bridgehead atoms. The molecule has 0 fully saturated rings. The Morgan fingerprint density at radius 1 is 1.00 bits per heavy atom. The van der Waals surface area contributed by atoms with Crippen molar-refractivity contribution < 1.29 is 30.5 Å². The van der Waals surface area contributed by atoms with Gasteiger partial charge in [-0.2, -0.15) is 8.42 Å². The highest BCUT2D eigenvalue weighted by Crippen LogP contribution is 2.28. The first-order valence-corrected chi connectivity index (χ1v) is 6.48. The van der Waals surface area contributed by atoms with Crippen molar-refractivity contribution in [2.75, 3.05) is 0 Å². The van der Waals surface area contributed by atoms with E-state index in [9.17, 15) is 26.0 Å². The minimum absolute atomic E-state index is 0.270. The molecule has 0 radical (unpaired) electrons. The Balaban J connectivity index is 3.56. The van der Waals surface area contributed by atoms with E-state index in [0.717, 1.165) is 0 Å². The van der Waals surface area contributed by atoms with Crippen LogP contribution < -0.4 is 0 Å². The summed E-state index contributed by atoms with van der Waals surface area (Å²) in [5.41, 5.74) is -0.862. The highest BCUT2D eigenvalue weighted by Gasteiger charge is 2.31. The van der Waals surface area contributed by atoms with Crippen LogP contribution in [0.1, 0.15) is 25.3 Å². The van der Waals surface area contributed by atoms with Crippen molar-refractivity contribution >= 4 is 10.1 Å². The Morgan fingerprint density at radius 3 is 1.78 bits per heavy atom. The molecule has 1 aromatic rings. The van der Waals surface area contributed by atoms with Crippen molar-refractivity contribution in [2.24, 2.45) is 0 Å². The molecular weight excluding hydrogens is 276 g/mol. The Labute approximate surface area is 101 Å². The van der Waals surface area contributed by atoms with E-state index in [0.29, 0.717) is 6.42 Å². The fraction of sp³-hybridized carbons (Fsp3) is 0.400. The van der Waals surface area contributed by atoms with Crippen LogP contribution in [0, 0.1) is 23.3 Å². The van der Waals surface area contributed by atoms with Crippen LogP contribution in [-0.2, 0) is 16.5 Å². The Hall–Kier alpha value is -1.15. The summed E-state index contributed by atoms with van der Waals surface area (Å²) in [5, 5.41) is 0. The van der Waals surface area contributed by atoms with E-state index < -0.39 is 43.8 Å². The van der Waals surface area contributed by atoms with Crippen molar-refractivity contribution in [3.8, 4) is 0 Å². The normalized spacial score (nSPS) is 11.9. The van der Waals surface area contributed by atoms with Gasteiger partial charge in [-0.1, -0.05) is 13.3 Å². The molecule has 8 heteroatoms. The van der Waals surface area contributed by atoms with E-state index in [-0.39, 0.29) is 12.8 Å². The standard InChI is InChI=1S/C10H10F4O3S/c1-2-3-4-5-6(11)8(13)10(18(15,16)17)9(14)7(5)12/h2-4H2,1H3,(H,15,16,17). The molecule has 0 aromatic heterocycles. The zero-order chi connectivity index (χ0) is 14.1. The largest absolute Gasteiger partial charge is 0.300 e. The van der Waals surface area contributed by atoms with Gasteiger partial charge in [0.1, 0.15) is 0 Å². The van der Waals surface area contributed by atoms with E-state index in [2.05, 4.69) is 0 Å². The summed E-state index contributed by atoms with van der Waals surface area (Å²) in [5.74, 6) is -7.81. The number of unbranched alkanes of at least 4 members (excludes halogenated alkanes) is 1. The van der Waals surface area contributed by atoms with Gasteiger partial charge in [0.25, 0.3) is 0 Å². The number of halogens is 4. The Kier molecular flexibility index (Phi) is 4.33. The van der Waals surface area contributed by atoms with Gasteiger partial charge in [-0.15, -0.1) is 0 Å². The first kappa shape index (κ1) is 14.9. The van der Waals surface area contributed by atoms with Gasteiger partial charge in [0.2, 0.25) is 0 Å². The zero-order valence-electron chi connectivity index (χ0n) is 9.31. The molecular formula is C10H10F4O3S. The van der Waals surface area contributed by atoms with Crippen LogP contribution in [0.15, 0.2) is 4.90 Å². The lowest BCUT2D eigenvalue weighted by Gasteiger charge is -2.09. The molecule has 3 nitrogen and oxygen atoms in total. The number of benzene rings is 1. The highest BCUT2D eigenvalue weighted by molar-refractivity contribution is 7.85. The van der Waals surface area contributed by atoms with Gasteiger partial charge < -0.3 is 0 Å². The molecule has 0 unspecified atom stereocenters. The average molecular weight is 286 g/mol. The molecule has 0 aliphatic rings. The monoisotopic (exact) mass is 286 g/mol. The second-order valence-electron chi connectivity index (χ2n) is 3.64. The summed E-state index contributed by atoms with van der Waals surface area (Å²) < 4.78 is 83.2. The minimum atomic E-state index is -5.38. The van der Waals surface area contributed by atoms with Crippen LogP contribution in [0.25, 0.3) is 0 Å². The molecule has 0 atom stereocenters. The lowest BCUT2D eigenvalue weighted by molar-refractivity contribution is 0.393. The van der Waals surface area contributed by atoms with Gasteiger partial charge >= 0.3 is 10.1 Å². The van der Waals surface area contributed by atoms with Crippen LogP contribution in [0.5, 0.6) is 0 Å². The van der Waals surface area contributed by atoms with E-state index >= 15 is 0 Å². The molecule has 0 spiro atoms. The second-order valence-corrected chi connectivity index (χ2v) is 5.00. The first-order valence-electron chi connectivity index (χ1n) is 5.04. The van der Waals surface area contributed by atoms with E-state index in [1.165, 1.54) is 0 Å². The summed E-state index contributed by atoms with van der Waals surface area (Å²) >= 11 is 0. The summed E-state index contributed by atoms with van der Waals surface area (Å²) in [6.45, 7) is 1.70. The van der Waals surface area contributed by atoms with Crippen molar-refractivity contribution in [1.29, 1.82) is 0 Å². The summed E-state index contributed by atoms with van der Waals surface area (Å²) in [6.07, 6.45) is 0.536. The van der Waals surface area contributed by atoms with Crippen LogP contribution in [0.4, 0.5) is 17.6 Å². The number of hydrogen-bond acceptors (Lipinski definition) is 2. The Bertz CT molecular complexity index is 540. The lowest BCUT2D eigenvalue weighted by Crippen LogP contribution is -2.13. The molecule has 0 amide bonds. The van der Waals surface area contributed by atoms with Crippen molar-refractivity contribution in [1.82, 2.24) is 0 Å². The fourth-order valence-corrected chi connectivity index (χ4v) is 2.09. The third-order valence-corrected chi connectivity index (χ3v) is 3.23. The lowest BCUT2D eigenvalue weighted by atomic mass is 10.1. The molecule has 0 saturated heterocycles. The van der Waals surface area contributed by atoms with Crippen LogP contribution >= 0.6 is 0 Å². The molecule has 0 heterocycles. The topological polar surface area (TPSA) is 54.4 Å². The molecule has 1 aromatic carbocycles. The predicted octanol–water partition coefficient (Wildman–Crippen LogP) is 2.83. The molecule has 0 aliphatic carbocycles. The van der Waals surface area contributed by atoms with Crippen molar-refractivity contribution in [3.63, 3.8) is 0 Å². The average Bonchev–Trinajstić information content (AvgIpc) is 2.25. The van der Waals surface area contributed by atoms with Crippen molar-refractivity contribution in [3.05, 3.63) is 28.8 Å².